The van der Waals surface area contributed by atoms with Crippen LogP contribution >= 0.6 is 11.8 Å². The SMILES string of the molecule is CCc1cc(C)cc(CC)c1C1C(=O)CC(CCSc2ccncc2)CC1=O. The number of pyridine rings is 1. The molecule has 0 N–H and O–H groups in total. The van der Waals surface area contributed by atoms with Crippen LogP contribution in [0.25, 0.3) is 0 Å². The lowest BCUT2D eigenvalue weighted by Gasteiger charge is -2.29. The van der Waals surface area contributed by atoms with E-state index in [2.05, 4.69) is 37.9 Å². The molecule has 1 aliphatic carbocycles. The zero-order valence-electron chi connectivity index (χ0n) is 17.0. The summed E-state index contributed by atoms with van der Waals surface area (Å²) in [5.41, 5.74) is 4.54. The van der Waals surface area contributed by atoms with Crippen LogP contribution in [0.1, 0.15) is 61.3 Å². The molecule has 148 valence electrons. The molecule has 1 saturated carbocycles. The number of nitrogens with zero attached hydrogens (tertiary/aromatic N) is 1. The Kier molecular flexibility index (Phi) is 7.06. The Morgan fingerprint density at radius 1 is 1.00 bits per heavy atom. The fourth-order valence-electron chi connectivity index (χ4n) is 4.27. The van der Waals surface area contributed by atoms with Gasteiger partial charge in [-0.25, -0.2) is 0 Å². The predicted octanol–water partition coefficient (Wildman–Crippen LogP) is 5.33. The number of hydrogen-bond donors (Lipinski definition) is 0. The predicted molar refractivity (Wildman–Crippen MR) is 115 cm³/mol. The minimum atomic E-state index is -0.547. The summed E-state index contributed by atoms with van der Waals surface area (Å²) in [7, 11) is 0. The maximum absolute atomic E-state index is 13.0. The van der Waals surface area contributed by atoms with Gasteiger partial charge in [0.1, 0.15) is 17.5 Å². The first-order valence-electron chi connectivity index (χ1n) is 10.2. The third-order valence-corrected chi connectivity index (χ3v) is 6.66. The van der Waals surface area contributed by atoms with Gasteiger partial charge < -0.3 is 0 Å². The van der Waals surface area contributed by atoms with Gasteiger partial charge in [-0.05, 0) is 66.7 Å². The topological polar surface area (TPSA) is 47.0 Å². The second-order valence-electron chi connectivity index (χ2n) is 7.66. The zero-order chi connectivity index (χ0) is 20.1. The van der Waals surface area contributed by atoms with Crippen molar-refractivity contribution in [1.82, 2.24) is 4.98 Å². The number of Topliss-reactive ketones (excluding diaryl/α,β-unsaturated/α-hetero) is 2. The van der Waals surface area contributed by atoms with Crippen LogP contribution in [0.15, 0.2) is 41.6 Å². The lowest BCUT2D eigenvalue weighted by Crippen LogP contribution is -2.33. The van der Waals surface area contributed by atoms with E-state index < -0.39 is 5.92 Å². The molecule has 28 heavy (non-hydrogen) atoms. The van der Waals surface area contributed by atoms with Gasteiger partial charge in [-0.3, -0.25) is 14.6 Å². The summed E-state index contributed by atoms with van der Waals surface area (Å²) in [5, 5.41) is 0. The van der Waals surface area contributed by atoms with E-state index in [0.29, 0.717) is 12.8 Å². The average Bonchev–Trinajstić information content (AvgIpc) is 2.68. The summed E-state index contributed by atoms with van der Waals surface area (Å²) in [6, 6.07) is 8.28. The first-order chi connectivity index (χ1) is 13.5. The van der Waals surface area contributed by atoms with Crippen molar-refractivity contribution in [1.29, 1.82) is 0 Å². The van der Waals surface area contributed by atoms with E-state index in [1.165, 1.54) is 10.5 Å². The number of carbonyl (C=O) groups excluding carboxylic acids is 2. The van der Waals surface area contributed by atoms with Gasteiger partial charge in [-0.1, -0.05) is 31.5 Å². The fraction of sp³-hybridized carbons (Fsp3) is 0.458. The number of aryl methyl sites for hydroxylation is 3. The van der Waals surface area contributed by atoms with Crippen molar-refractivity contribution in [3.8, 4) is 0 Å². The Bertz CT molecular complexity index is 804. The van der Waals surface area contributed by atoms with E-state index in [-0.39, 0.29) is 17.5 Å². The number of carbonyl (C=O) groups is 2. The lowest BCUT2D eigenvalue weighted by atomic mass is 9.73. The van der Waals surface area contributed by atoms with Gasteiger partial charge in [-0.2, -0.15) is 0 Å². The van der Waals surface area contributed by atoms with Crippen LogP contribution in [0.2, 0.25) is 0 Å². The molecule has 0 aliphatic heterocycles. The van der Waals surface area contributed by atoms with Crippen LogP contribution in [0, 0.1) is 12.8 Å². The van der Waals surface area contributed by atoms with E-state index >= 15 is 0 Å². The number of ketones is 2. The van der Waals surface area contributed by atoms with Crippen molar-refractivity contribution in [2.45, 2.75) is 63.7 Å². The summed E-state index contributed by atoms with van der Waals surface area (Å²) in [4.78, 5) is 31.3. The largest absolute Gasteiger partial charge is 0.299 e. The zero-order valence-corrected chi connectivity index (χ0v) is 17.8. The van der Waals surface area contributed by atoms with Crippen molar-refractivity contribution in [2.75, 3.05) is 5.75 Å². The second-order valence-corrected chi connectivity index (χ2v) is 8.83. The standard InChI is InChI=1S/C24H29NO2S/c1-4-18-12-16(3)13-19(5-2)23(18)24-21(26)14-17(15-22(24)27)8-11-28-20-6-9-25-10-7-20/h6-7,9-10,12-13,17,24H,4-5,8,11,14-15H2,1-3H3. The number of rotatable bonds is 7. The molecule has 0 unspecified atom stereocenters. The van der Waals surface area contributed by atoms with Crippen molar-refractivity contribution in [3.63, 3.8) is 0 Å². The molecular formula is C24H29NO2S. The Hall–Kier alpha value is -1.94. The summed E-state index contributed by atoms with van der Waals surface area (Å²) >= 11 is 1.76. The molecule has 0 saturated heterocycles. The van der Waals surface area contributed by atoms with Crippen LogP contribution in [0.4, 0.5) is 0 Å². The number of thioether (sulfide) groups is 1. The van der Waals surface area contributed by atoms with Crippen LogP contribution < -0.4 is 0 Å². The second kappa shape index (κ2) is 9.51. The van der Waals surface area contributed by atoms with E-state index in [1.807, 2.05) is 12.1 Å². The smallest absolute Gasteiger partial charge is 0.148 e. The van der Waals surface area contributed by atoms with E-state index in [0.717, 1.165) is 41.7 Å². The van der Waals surface area contributed by atoms with Crippen LogP contribution in [0.5, 0.6) is 0 Å². The molecule has 3 rings (SSSR count). The number of hydrogen-bond acceptors (Lipinski definition) is 4. The maximum Gasteiger partial charge on any atom is 0.148 e. The molecule has 0 amide bonds. The molecule has 1 aromatic heterocycles. The molecule has 2 aromatic rings. The Morgan fingerprint density at radius 3 is 2.11 bits per heavy atom. The molecule has 3 nitrogen and oxygen atoms in total. The lowest BCUT2D eigenvalue weighted by molar-refractivity contribution is -0.133. The third kappa shape index (κ3) is 4.72. The summed E-state index contributed by atoms with van der Waals surface area (Å²) in [5.74, 6) is 0.776. The minimum absolute atomic E-state index is 0.114. The third-order valence-electron chi connectivity index (χ3n) is 5.61. The highest BCUT2D eigenvalue weighted by Crippen LogP contribution is 2.37. The van der Waals surface area contributed by atoms with Crippen molar-refractivity contribution in [2.24, 2.45) is 5.92 Å². The maximum atomic E-state index is 13.0. The van der Waals surface area contributed by atoms with Gasteiger partial charge in [0.15, 0.2) is 0 Å². The van der Waals surface area contributed by atoms with E-state index in [4.69, 9.17) is 0 Å². The Morgan fingerprint density at radius 2 is 1.57 bits per heavy atom. The highest BCUT2D eigenvalue weighted by atomic mass is 32.2. The number of aromatic nitrogens is 1. The fourth-order valence-corrected chi connectivity index (χ4v) is 5.27. The molecule has 1 aliphatic rings. The van der Waals surface area contributed by atoms with Gasteiger partial charge in [0.2, 0.25) is 0 Å². The van der Waals surface area contributed by atoms with E-state index in [9.17, 15) is 9.59 Å². The summed E-state index contributed by atoms with van der Waals surface area (Å²) < 4.78 is 0. The highest BCUT2D eigenvalue weighted by Gasteiger charge is 2.38. The van der Waals surface area contributed by atoms with Crippen molar-refractivity contribution in [3.05, 3.63) is 58.9 Å². The quantitative estimate of drug-likeness (QED) is 0.470. The Labute approximate surface area is 172 Å². The molecular weight excluding hydrogens is 366 g/mol. The van der Waals surface area contributed by atoms with Gasteiger partial charge in [0, 0.05) is 30.1 Å². The highest BCUT2D eigenvalue weighted by molar-refractivity contribution is 7.99. The summed E-state index contributed by atoms with van der Waals surface area (Å²) in [6.45, 7) is 6.30. The number of benzene rings is 1. The van der Waals surface area contributed by atoms with Gasteiger partial charge in [0.05, 0.1) is 0 Å². The van der Waals surface area contributed by atoms with Gasteiger partial charge >= 0.3 is 0 Å². The molecule has 1 heterocycles. The van der Waals surface area contributed by atoms with Crippen LogP contribution in [0.3, 0.4) is 0 Å². The minimum Gasteiger partial charge on any atom is -0.299 e. The molecule has 0 spiro atoms. The summed E-state index contributed by atoms with van der Waals surface area (Å²) in [6.07, 6.45) is 7.23. The first-order valence-corrected chi connectivity index (χ1v) is 11.2. The van der Waals surface area contributed by atoms with Gasteiger partial charge in [0.25, 0.3) is 0 Å². The van der Waals surface area contributed by atoms with Crippen molar-refractivity contribution < 1.29 is 9.59 Å². The van der Waals surface area contributed by atoms with Crippen LogP contribution in [-0.4, -0.2) is 22.3 Å². The van der Waals surface area contributed by atoms with Crippen LogP contribution in [-0.2, 0) is 22.4 Å². The monoisotopic (exact) mass is 395 g/mol. The van der Waals surface area contributed by atoms with Gasteiger partial charge in [-0.15, -0.1) is 11.8 Å². The average molecular weight is 396 g/mol. The molecule has 0 atom stereocenters. The molecule has 0 bridgehead atoms. The van der Waals surface area contributed by atoms with Crippen molar-refractivity contribution >= 4 is 23.3 Å². The first kappa shape index (κ1) is 20.8. The Balaban J connectivity index is 1.71. The molecule has 1 aromatic carbocycles. The molecule has 4 heteroatoms. The van der Waals surface area contributed by atoms with E-state index in [1.54, 1.807) is 24.2 Å². The molecule has 0 radical (unpaired) electrons. The molecule has 1 fully saturated rings. The normalized spacial score (nSPS) is 19.8.